The minimum Gasteiger partial charge on any atom is -0.439 e. The number of aryl methyl sites for hydroxylation is 2. The lowest BCUT2D eigenvalue weighted by molar-refractivity contribution is -0.131. The van der Waals surface area contributed by atoms with Gasteiger partial charge in [0.05, 0.1) is 10.9 Å². The zero-order chi connectivity index (χ0) is 22.2. The molecule has 1 aromatic carbocycles. The number of rotatable bonds is 6. The molecule has 2 fully saturated rings. The van der Waals surface area contributed by atoms with Gasteiger partial charge in [-0.2, -0.15) is 0 Å². The summed E-state index contributed by atoms with van der Waals surface area (Å²) in [5.41, 5.74) is 3.18. The second kappa shape index (κ2) is 8.35. The van der Waals surface area contributed by atoms with E-state index in [0.29, 0.717) is 24.1 Å². The van der Waals surface area contributed by atoms with Crippen molar-refractivity contribution in [2.24, 2.45) is 0 Å². The van der Waals surface area contributed by atoms with Crippen molar-refractivity contribution < 1.29 is 27.5 Å². The molecule has 10 heteroatoms. The highest BCUT2D eigenvalue weighted by molar-refractivity contribution is 7.89. The van der Waals surface area contributed by atoms with Gasteiger partial charge in [-0.25, -0.2) is 22.8 Å². The van der Waals surface area contributed by atoms with Crippen LogP contribution in [0.15, 0.2) is 11.0 Å². The van der Waals surface area contributed by atoms with E-state index < -0.39 is 28.1 Å². The number of hydrogen-bond acceptors (Lipinski definition) is 6. The molecular weight excluding hydrogens is 410 g/mol. The Kier molecular flexibility index (Phi) is 6.19. The van der Waals surface area contributed by atoms with Crippen molar-refractivity contribution in [3.05, 3.63) is 28.3 Å². The first kappa shape index (κ1) is 22.2. The molecule has 2 aliphatic rings. The van der Waals surface area contributed by atoms with Gasteiger partial charge in [0.15, 0.2) is 6.61 Å². The molecular formula is C20H27N3O6S. The van der Waals surface area contributed by atoms with Crippen LogP contribution in [0.4, 0.5) is 4.79 Å². The molecule has 0 bridgehead atoms. The number of amides is 3. The average molecular weight is 438 g/mol. The number of benzene rings is 1. The van der Waals surface area contributed by atoms with Gasteiger partial charge in [0.2, 0.25) is 15.9 Å². The summed E-state index contributed by atoms with van der Waals surface area (Å²) < 4.78 is 33.0. The molecule has 0 aromatic heterocycles. The van der Waals surface area contributed by atoms with E-state index in [0.717, 1.165) is 16.0 Å². The number of sulfonamides is 1. The topological polar surface area (TPSA) is 113 Å². The summed E-state index contributed by atoms with van der Waals surface area (Å²) in [6.45, 7) is 7.64. The van der Waals surface area contributed by atoms with Crippen LogP contribution in [0.25, 0.3) is 0 Å². The molecule has 9 nitrogen and oxygen atoms in total. The minimum atomic E-state index is -3.76. The third-order valence-corrected chi connectivity index (χ3v) is 7.60. The van der Waals surface area contributed by atoms with Crippen LogP contribution >= 0.6 is 0 Å². The van der Waals surface area contributed by atoms with Crippen molar-refractivity contribution >= 4 is 27.9 Å². The third-order valence-electron chi connectivity index (χ3n) is 5.86. The zero-order valence-electron chi connectivity index (χ0n) is 17.6. The summed E-state index contributed by atoms with van der Waals surface area (Å²) in [6, 6.07) is 1.56. The first-order chi connectivity index (χ1) is 14.0. The predicted molar refractivity (Wildman–Crippen MR) is 108 cm³/mol. The fourth-order valence-electron chi connectivity index (χ4n) is 4.00. The molecule has 0 aliphatic carbocycles. The molecule has 2 aliphatic heterocycles. The van der Waals surface area contributed by atoms with Crippen molar-refractivity contribution in [3.63, 3.8) is 0 Å². The Balaban J connectivity index is 1.59. The van der Waals surface area contributed by atoms with Crippen LogP contribution in [0.5, 0.6) is 0 Å². The number of cyclic esters (lactones) is 1. The Labute approximate surface area is 176 Å². The van der Waals surface area contributed by atoms with Crippen molar-refractivity contribution in [2.45, 2.75) is 51.5 Å². The Morgan fingerprint density at radius 2 is 1.80 bits per heavy atom. The average Bonchev–Trinajstić information content (AvgIpc) is 3.26. The van der Waals surface area contributed by atoms with Crippen LogP contribution in [0.2, 0.25) is 0 Å². The van der Waals surface area contributed by atoms with E-state index in [9.17, 15) is 22.8 Å². The minimum absolute atomic E-state index is 0.00671. The first-order valence-corrected chi connectivity index (χ1v) is 11.3. The lowest BCUT2D eigenvalue weighted by atomic mass is 10.0. The van der Waals surface area contributed by atoms with E-state index in [4.69, 9.17) is 4.74 Å². The maximum atomic E-state index is 12.8. The zero-order valence-corrected chi connectivity index (χ0v) is 18.5. The Hall–Kier alpha value is -2.46. The van der Waals surface area contributed by atoms with Crippen LogP contribution in [-0.2, 0) is 24.3 Å². The van der Waals surface area contributed by atoms with E-state index >= 15 is 0 Å². The fraction of sp³-hybridized carbons (Fsp3) is 0.550. The van der Waals surface area contributed by atoms with Gasteiger partial charge in [-0.1, -0.05) is 6.07 Å². The lowest BCUT2D eigenvalue weighted by Gasteiger charge is -2.21. The molecule has 0 spiro atoms. The number of carbonyl (C=O) groups excluding carboxylic acids is 3. The highest BCUT2D eigenvalue weighted by atomic mass is 32.2. The lowest BCUT2D eigenvalue weighted by Crippen LogP contribution is -2.42. The van der Waals surface area contributed by atoms with Crippen molar-refractivity contribution in [1.82, 2.24) is 14.5 Å². The van der Waals surface area contributed by atoms with Gasteiger partial charge in [0.25, 0.3) is 5.91 Å². The van der Waals surface area contributed by atoms with Crippen LogP contribution in [0, 0.1) is 27.7 Å². The summed E-state index contributed by atoms with van der Waals surface area (Å²) in [7, 11) is -3.76. The monoisotopic (exact) mass is 437 g/mol. The Bertz CT molecular complexity index is 962. The third kappa shape index (κ3) is 4.20. The predicted octanol–water partition coefficient (Wildman–Crippen LogP) is 1.17. The Morgan fingerprint density at radius 3 is 2.37 bits per heavy atom. The number of nitrogens with one attached hydrogen (secondary N) is 1. The van der Waals surface area contributed by atoms with Gasteiger partial charge in [0.1, 0.15) is 0 Å². The summed E-state index contributed by atoms with van der Waals surface area (Å²) in [5, 5.41) is 0. The van der Waals surface area contributed by atoms with E-state index in [1.54, 1.807) is 18.7 Å². The second-order valence-electron chi connectivity index (χ2n) is 7.84. The van der Waals surface area contributed by atoms with Gasteiger partial charge in [-0.3, -0.25) is 9.59 Å². The van der Waals surface area contributed by atoms with Crippen LogP contribution < -0.4 is 4.72 Å². The molecule has 0 saturated carbocycles. The van der Waals surface area contributed by atoms with Gasteiger partial charge < -0.3 is 9.64 Å². The molecule has 164 valence electrons. The highest BCUT2D eigenvalue weighted by Crippen LogP contribution is 2.26. The normalized spacial score (nSPS) is 19.5. The van der Waals surface area contributed by atoms with Gasteiger partial charge in [-0.05, 0) is 56.4 Å². The van der Waals surface area contributed by atoms with Crippen LogP contribution in [-0.4, -0.2) is 68.4 Å². The summed E-state index contributed by atoms with van der Waals surface area (Å²) >= 11 is 0. The van der Waals surface area contributed by atoms with Gasteiger partial charge in [-0.15, -0.1) is 0 Å². The van der Waals surface area contributed by atoms with Gasteiger partial charge in [0, 0.05) is 26.1 Å². The molecule has 2 saturated heterocycles. The number of likely N-dealkylation sites (tertiary alicyclic amines) is 1. The molecule has 3 rings (SSSR count). The highest BCUT2D eigenvalue weighted by Gasteiger charge is 2.41. The summed E-state index contributed by atoms with van der Waals surface area (Å²) in [4.78, 5) is 38.8. The number of ether oxygens (including phenoxy) is 1. The molecule has 1 atom stereocenters. The van der Waals surface area contributed by atoms with E-state index in [1.165, 1.54) is 0 Å². The smallest absolute Gasteiger partial charge is 0.417 e. The van der Waals surface area contributed by atoms with Crippen molar-refractivity contribution in [3.8, 4) is 0 Å². The molecule has 30 heavy (non-hydrogen) atoms. The SMILES string of the molecule is Cc1cc(C)c(C)c(S(=O)(=O)NCCC(=O)N2CCC(N3C(=O)COC3=O)C2)c1C. The van der Waals surface area contributed by atoms with Crippen molar-refractivity contribution in [1.29, 1.82) is 0 Å². The van der Waals surface area contributed by atoms with Crippen LogP contribution in [0.1, 0.15) is 35.1 Å². The molecule has 1 aromatic rings. The number of carbonyl (C=O) groups is 3. The summed E-state index contributed by atoms with van der Waals surface area (Å²) in [5.74, 6) is -0.625. The van der Waals surface area contributed by atoms with Gasteiger partial charge >= 0.3 is 6.09 Å². The number of hydrogen-bond donors (Lipinski definition) is 1. The number of imide groups is 1. The first-order valence-electron chi connectivity index (χ1n) is 9.86. The molecule has 2 heterocycles. The maximum Gasteiger partial charge on any atom is 0.417 e. The van der Waals surface area contributed by atoms with E-state index in [-0.39, 0.29) is 36.9 Å². The largest absolute Gasteiger partial charge is 0.439 e. The molecule has 1 N–H and O–H groups in total. The quantitative estimate of drug-likeness (QED) is 0.715. The second-order valence-corrected chi connectivity index (χ2v) is 9.54. The molecule has 3 amide bonds. The fourth-order valence-corrected chi connectivity index (χ4v) is 5.65. The molecule has 0 radical (unpaired) electrons. The Morgan fingerprint density at radius 1 is 1.17 bits per heavy atom. The van der Waals surface area contributed by atoms with E-state index in [2.05, 4.69) is 4.72 Å². The summed E-state index contributed by atoms with van der Waals surface area (Å²) in [6.07, 6.45) is -0.196. The maximum absolute atomic E-state index is 12.8. The standard InChI is InChI=1S/C20H27N3O6S/c1-12-9-13(2)15(4)19(14(12)3)30(27,28)21-7-5-17(24)22-8-6-16(10-22)23-18(25)11-29-20(23)26/h9,16,21H,5-8,10-11H2,1-4H3. The van der Waals surface area contributed by atoms with Crippen molar-refractivity contribution in [2.75, 3.05) is 26.2 Å². The molecule has 1 unspecified atom stereocenters. The number of nitrogens with zero attached hydrogens (tertiary/aromatic N) is 2. The van der Waals surface area contributed by atoms with E-state index in [1.807, 2.05) is 19.9 Å². The van der Waals surface area contributed by atoms with Crippen LogP contribution in [0.3, 0.4) is 0 Å².